The molecule has 0 atom stereocenters. The molecular weight excluding hydrogens is 456 g/mol. The SMILES string of the molecule is c1ccc(-c2nc3ccc4ccc5ccc(Nc6ccc7oc8ccccc8c7c6)cc5c4c3o2)cc1. The normalized spacial score (nSPS) is 11.8. The minimum atomic E-state index is 0.634. The van der Waals surface area contributed by atoms with Gasteiger partial charge in [0.15, 0.2) is 5.58 Å². The van der Waals surface area contributed by atoms with Gasteiger partial charge in [0.05, 0.1) is 0 Å². The van der Waals surface area contributed by atoms with Crippen molar-refractivity contribution in [2.75, 3.05) is 5.32 Å². The van der Waals surface area contributed by atoms with Crippen molar-refractivity contribution < 1.29 is 8.83 Å². The second-order valence-electron chi connectivity index (χ2n) is 9.33. The van der Waals surface area contributed by atoms with E-state index >= 15 is 0 Å². The Bertz CT molecular complexity index is 2120. The van der Waals surface area contributed by atoms with Crippen molar-refractivity contribution in [3.8, 4) is 11.5 Å². The Kier molecular flexibility index (Phi) is 4.19. The van der Waals surface area contributed by atoms with Crippen LogP contribution in [0.5, 0.6) is 0 Å². The van der Waals surface area contributed by atoms with Gasteiger partial charge in [0.1, 0.15) is 16.7 Å². The number of anilines is 2. The molecule has 0 fully saturated rings. The summed E-state index contributed by atoms with van der Waals surface area (Å²) < 4.78 is 12.4. The van der Waals surface area contributed by atoms with Crippen LogP contribution in [0.25, 0.3) is 66.0 Å². The highest BCUT2D eigenvalue weighted by Crippen LogP contribution is 2.37. The first-order valence-electron chi connectivity index (χ1n) is 12.3. The molecule has 2 aromatic heterocycles. The Morgan fingerprint density at radius 1 is 0.541 bits per heavy atom. The molecule has 37 heavy (non-hydrogen) atoms. The van der Waals surface area contributed by atoms with Crippen LogP contribution in [-0.2, 0) is 0 Å². The third kappa shape index (κ3) is 3.20. The van der Waals surface area contributed by atoms with Crippen LogP contribution in [0.4, 0.5) is 11.4 Å². The number of fused-ring (bicyclic) bond motifs is 8. The summed E-state index contributed by atoms with van der Waals surface area (Å²) in [6.07, 6.45) is 0. The number of oxazole rings is 1. The standard InChI is InChI=1S/C33H20N2O2/c1-2-6-22(7-3-1)33-35-28-16-13-21-11-10-20-12-14-23(18-26(20)31(21)32(28)37-33)34-24-15-17-30-27(19-24)25-8-4-5-9-29(25)36-30/h1-19,34H. The van der Waals surface area contributed by atoms with E-state index in [1.54, 1.807) is 0 Å². The summed E-state index contributed by atoms with van der Waals surface area (Å²) in [4.78, 5) is 4.79. The van der Waals surface area contributed by atoms with Gasteiger partial charge in [0.25, 0.3) is 0 Å². The zero-order valence-electron chi connectivity index (χ0n) is 19.7. The van der Waals surface area contributed by atoms with E-state index in [2.05, 4.69) is 59.9 Å². The maximum Gasteiger partial charge on any atom is 0.227 e. The third-order valence-electron chi connectivity index (χ3n) is 7.04. The van der Waals surface area contributed by atoms with Crippen LogP contribution in [0.2, 0.25) is 0 Å². The van der Waals surface area contributed by atoms with Crippen molar-refractivity contribution in [3.05, 3.63) is 115 Å². The number of hydrogen-bond acceptors (Lipinski definition) is 4. The average Bonchev–Trinajstić information content (AvgIpc) is 3.55. The molecule has 2 heterocycles. The summed E-state index contributed by atoms with van der Waals surface area (Å²) >= 11 is 0. The van der Waals surface area contributed by atoms with Gasteiger partial charge in [-0.2, -0.15) is 0 Å². The lowest BCUT2D eigenvalue weighted by atomic mass is 10.0. The predicted octanol–water partition coefficient (Wildman–Crippen LogP) is 9.44. The number of hydrogen-bond donors (Lipinski definition) is 1. The van der Waals surface area contributed by atoms with E-state index in [4.69, 9.17) is 13.8 Å². The minimum Gasteiger partial charge on any atom is -0.456 e. The number of furan rings is 1. The molecule has 6 aromatic carbocycles. The van der Waals surface area contributed by atoms with Gasteiger partial charge < -0.3 is 14.2 Å². The molecule has 0 aliphatic carbocycles. The van der Waals surface area contributed by atoms with Gasteiger partial charge in [-0.25, -0.2) is 4.98 Å². The quantitative estimate of drug-likeness (QED) is 0.258. The number of aromatic nitrogens is 1. The van der Waals surface area contributed by atoms with Gasteiger partial charge in [-0.15, -0.1) is 0 Å². The molecule has 8 aromatic rings. The summed E-state index contributed by atoms with van der Waals surface area (Å²) in [5.41, 5.74) is 6.44. The first-order chi connectivity index (χ1) is 18.3. The van der Waals surface area contributed by atoms with Crippen LogP contribution in [-0.4, -0.2) is 4.98 Å². The summed E-state index contributed by atoms with van der Waals surface area (Å²) in [7, 11) is 0. The predicted molar refractivity (Wildman–Crippen MR) is 151 cm³/mol. The Labute approximate surface area is 211 Å². The van der Waals surface area contributed by atoms with Crippen molar-refractivity contribution in [1.82, 2.24) is 4.98 Å². The monoisotopic (exact) mass is 476 g/mol. The summed E-state index contributed by atoms with van der Waals surface area (Å²) in [5.74, 6) is 0.634. The van der Waals surface area contributed by atoms with Gasteiger partial charge >= 0.3 is 0 Å². The van der Waals surface area contributed by atoms with Crippen molar-refractivity contribution in [2.45, 2.75) is 0 Å². The maximum absolute atomic E-state index is 6.37. The highest BCUT2D eigenvalue weighted by atomic mass is 16.3. The van der Waals surface area contributed by atoms with Crippen molar-refractivity contribution in [3.63, 3.8) is 0 Å². The number of rotatable bonds is 3. The number of nitrogens with one attached hydrogen (secondary N) is 1. The molecule has 0 amide bonds. The highest BCUT2D eigenvalue weighted by Gasteiger charge is 2.14. The van der Waals surface area contributed by atoms with Gasteiger partial charge in [0, 0.05) is 33.1 Å². The van der Waals surface area contributed by atoms with Crippen LogP contribution in [0.15, 0.2) is 124 Å². The highest BCUT2D eigenvalue weighted by molar-refractivity contribution is 6.18. The minimum absolute atomic E-state index is 0.634. The molecule has 174 valence electrons. The first-order valence-corrected chi connectivity index (χ1v) is 12.3. The Hall–Kier alpha value is -5.09. The smallest absolute Gasteiger partial charge is 0.227 e. The van der Waals surface area contributed by atoms with E-state index in [1.165, 1.54) is 0 Å². The molecule has 8 rings (SSSR count). The number of benzene rings is 6. The molecule has 0 aliphatic heterocycles. The molecular formula is C33H20N2O2. The van der Waals surface area contributed by atoms with Crippen LogP contribution < -0.4 is 5.32 Å². The van der Waals surface area contributed by atoms with Crippen LogP contribution in [0.1, 0.15) is 0 Å². The number of para-hydroxylation sites is 1. The van der Waals surface area contributed by atoms with E-state index in [0.717, 1.165) is 71.5 Å². The van der Waals surface area contributed by atoms with Crippen molar-refractivity contribution >= 4 is 66.0 Å². The Morgan fingerprint density at radius 2 is 1.24 bits per heavy atom. The second kappa shape index (κ2) is 7.70. The van der Waals surface area contributed by atoms with Gasteiger partial charge in [0.2, 0.25) is 5.89 Å². The van der Waals surface area contributed by atoms with Gasteiger partial charge in [-0.1, -0.05) is 60.7 Å². The lowest BCUT2D eigenvalue weighted by molar-refractivity contribution is 0.623. The maximum atomic E-state index is 6.37. The molecule has 0 bridgehead atoms. The zero-order valence-corrected chi connectivity index (χ0v) is 19.7. The first kappa shape index (κ1) is 20.1. The molecule has 0 unspecified atom stereocenters. The molecule has 1 N–H and O–H groups in total. The average molecular weight is 477 g/mol. The molecule has 0 saturated heterocycles. The van der Waals surface area contributed by atoms with Crippen LogP contribution in [0, 0.1) is 0 Å². The largest absolute Gasteiger partial charge is 0.456 e. The fourth-order valence-corrected chi connectivity index (χ4v) is 5.27. The Balaban J connectivity index is 1.28. The fraction of sp³-hybridized carbons (Fsp3) is 0. The Morgan fingerprint density at radius 3 is 2.16 bits per heavy atom. The lowest BCUT2D eigenvalue weighted by Gasteiger charge is -2.10. The lowest BCUT2D eigenvalue weighted by Crippen LogP contribution is -1.90. The van der Waals surface area contributed by atoms with Gasteiger partial charge in [-0.05, 0) is 70.8 Å². The molecule has 0 aliphatic rings. The summed E-state index contributed by atoms with van der Waals surface area (Å²) in [5, 5.41) is 10.3. The molecule has 4 heteroatoms. The molecule has 0 saturated carbocycles. The molecule has 0 radical (unpaired) electrons. The van der Waals surface area contributed by atoms with E-state index in [-0.39, 0.29) is 0 Å². The van der Waals surface area contributed by atoms with Crippen molar-refractivity contribution in [2.24, 2.45) is 0 Å². The third-order valence-corrected chi connectivity index (χ3v) is 7.04. The van der Waals surface area contributed by atoms with E-state index in [0.29, 0.717) is 5.89 Å². The van der Waals surface area contributed by atoms with E-state index < -0.39 is 0 Å². The molecule has 0 spiro atoms. The second-order valence-corrected chi connectivity index (χ2v) is 9.33. The van der Waals surface area contributed by atoms with E-state index in [1.807, 2.05) is 60.7 Å². The number of nitrogens with zero attached hydrogens (tertiary/aromatic N) is 1. The van der Waals surface area contributed by atoms with Crippen LogP contribution in [0.3, 0.4) is 0 Å². The van der Waals surface area contributed by atoms with Crippen molar-refractivity contribution in [1.29, 1.82) is 0 Å². The topological polar surface area (TPSA) is 51.2 Å². The van der Waals surface area contributed by atoms with Crippen LogP contribution >= 0.6 is 0 Å². The van der Waals surface area contributed by atoms with Gasteiger partial charge in [-0.3, -0.25) is 0 Å². The fourth-order valence-electron chi connectivity index (χ4n) is 5.27. The van der Waals surface area contributed by atoms with E-state index in [9.17, 15) is 0 Å². The zero-order chi connectivity index (χ0) is 24.3. The summed E-state index contributed by atoms with van der Waals surface area (Å²) in [6.45, 7) is 0. The summed E-state index contributed by atoms with van der Waals surface area (Å²) in [6, 6.07) is 39.3. The molecule has 4 nitrogen and oxygen atoms in total.